The molecule has 2 heterocycles. The number of nitrogens with one attached hydrogen (secondary N) is 1. The average molecular weight is 295 g/mol. The summed E-state index contributed by atoms with van der Waals surface area (Å²) in [6.07, 6.45) is 0. The minimum Gasteiger partial charge on any atom is -0.399 e. The monoisotopic (exact) mass is 295 g/mol. The lowest BCUT2D eigenvalue weighted by Gasteiger charge is -2.46. The molecule has 1 saturated heterocycles. The maximum atomic E-state index is 12.3. The summed E-state index contributed by atoms with van der Waals surface area (Å²) in [5, 5.41) is 3.19. The van der Waals surface area contributed by atoms with Crippen LogP contribution in [-0.4, -0.2) is 32.1 Å². The van der Waals surface area contributed by atoms with Crippen LogP contribution in [0.3, 0.4) is 0 Å². The standard InChI is InChI=1S/C13H17N3O3S/c1-9-15-13(8-20(17,18)16(9)2)7-19-6-10-3-4-11(14)5-12(10)13/h3-5,15H,1,6-8,14H2,2H3/t13-/m0/s1. The minimum atomic E-state index is -3.42. The molecule has 0 radical (unpaired) electrons. The highest BCUT2D eigenvalue weighted by atomic mass is 32.2. The molecule has 1 spiro atoms. The van der Waals surface area contributed by atoms with Crippen LogP contribution in [0.15, 0.2) is 30.6 Å². The molecule has 0 saturated carbocycles. The van der Waals surface area contributed by atoms with Crippen molar-refractivity contribution < 1.29 is 13.2 Å². The molecule has 2 aliphatic heterocycles. The summed E-state index contributed by atoms with van der Waals surface area (Å²) < 4.78 is 31.3. The van der Waals surface area contributed by atoms with E-state index in [1.54, 1.807) is 6.07 Å². The van der Waals surface area contributed by atoms with E-state index >= 15 is 0 Å². The fourth-order valence-electron chi connectivity index (χ4n) is 2.77. The zero-order valence-electron chi connectivity index (χ0n) is 11.2. The van der Waals surface area contributed by atoms with Crippen molar-refractivity contribution in [3.63, 3.8) is 0 Å². The third-order valence-corrected chi connectivity index (χ3v) is 5.78. The Morgan fingerprint density at radius 2 is 2.25 bits per heavy atom. The fourth-order valence-corrected chi connectivity index (χ4v) is 4.28. The number of benzene rings is 1. The van der Waals surface area contributed by atoms with Crippen molar-refractivity contribution in [2.75, 3.05) is 25.1 Å². The molecule has 1 aromatic carbocycles. The highest BCUT2D eigenvalue weighted by Crippen LogP contribution is 2.37. The summed E-state index contributed by atoms with van der Waals surface area (Å²) in [4.78, 5) is 0. The second-order valence-electron chi connectivity index (χ2n) is 5.29. The number of ether oxygens (including phenoxy) is 1. The number of hydrogen-bond acceptors (Lipinski definition) is 5. The molecule has 7 heteroatoms. The minimum absolute atomic E-state index is 0.0774. The molecule has 0 amide bonds. The molecule has 0 bridgehead atoms. The summed E-state index contributed by atoms with van der Waals surface area (Å²) in [6.45, 7) is 4.52. The molecule has 0 aromatic heterocycles. The molecular weight excluding hydrogens is 278 g/mol. The number of nitrogens with two attached hydrogens (primary N) is 1. The van der Waals surface area contributed by atoms with Gasteiger partial charge in [-0.15, -0.1) is 0 Å². The topological polar surface area (TPSA) is 84.7 Å². The molecule has 0 aliphatic carbocycles. The van der Waals surface area contributed by atoms with Crippen molar-refractivity contribution in [2.24, 2.45) is 0 Å². The summed E-state index contributed by atoms with van der Waals surface area (Å²) in [5.41, 5.74) is 7.47. The number of nitrogen functional groups attached to an aromatic ring is 1. The van der Waals surface area contributed by atoms with Gasteiger partial charge in [0.05, 0.1) is 19.0 Å². The average Bonchev–Trinajstić information content (AvgIpc) is 2.37. The van der Waals surface area contributed by atoms with Crippen LogP contribution in [0.2, 0.25) is 0 Å². The van der Waals surface area contributed by atoms with E-state index in [1.807, 2.05) is 12.1 Å². The highest BCUT2D eigenvalue weighted by Gasteiger charge is 2.47. The van der Waals surface area contributed by atoms with Crippen LogP contribution in [0, 0.1) is 0 Å². The van der Waals surface area contributed by atoms with Gasteiger partial charge in [-0.2, -0.15) is 0 Å². The van der Waals surface area contributed by atoms with E-state index in [4.69, 9.17) is 10.5 Å². The Morgan fingerprint density at radius 1 is 1.50 bits per heavy atom. The summed E-state index contributed by atoms with van der Waals surface area (Å²) in [7, 11) is -1.94. The van der Waals surface area contributed by atoms with Crippen LogP contribution in [0.1, 0.15) is 11.1 Å². The van der Waals surface area contributed by atoms with E-state index in [1.165, 1.54) is 11.4 Å². The maximum Gasteiger partial charge on any atom is 0.238 e. The first-order chi connectivity index (χ1) is 9.34. The predicted molar refractivity (Wildman–Crippen MR) is 76.0 cm³/mol. The first-order valence-corrected chi connectivity index (χ1v) is 7.85. The normalized spacial score (nSPS) is 28.1. The first kappa shape index (κ1) is 13.3. The Kier molecular flexibility index (Phi) is 2.74. The van der Waals surface area contributed by atoms with Gasteiger partial charge in [-0.3, -0.25) is 4.31 Å². The van der Waals surface area contributed by atoms with Crippen molar-refractivity contribution in [3.05, 3.63) is 41.7 Å². The molecule has 1 aromatic rings. The van der Waals surface area contributed by atoms with E-state index < -0.39 is 15.6 Å². The summed E-state index contributed by atoms with van der Waals surface area (Å²) in [6, 6.07) is 5.49. The van der Waals surface area contributed by atoms with Crippen LogP contribution < -0.4 is 11.1 Å². The van der Waals surface area contributed by atoms with E-state index in [9.17, 15) is 8.42 Å². The largest absolute Gasteiger partial charge is 0.399 e. The van der Waals surface area contributed by atoms with Crippen LogP contribution in [0.25, 0.3) is 0 Å². The van der Waals surface area contributed by atoms with Gasteiger partial charge in [0.25, 0.3) is 0 Å². The van der Waals surface area contributed by atoms with Gasteiger partial charge in [-0.05, 0) is 23.3 Å². The van der Waals surface area contributed by atoms with Crippen LogP contribution in [-0.2, 0) is 26.9 Å². The van der Waals surface area contributed by atoms with Gasteiger partial charge >= 0.3 is 0 Å². The van der Waals surface area contributed by atoms with Crippen LogP contribution >= 0.6 is 0 Å². The number of hydrogen-bond donors (Lipinski definition) is 2. The van der Waals surface area contributed by atoms with E-state index in [0.29, 0.717) is 18.1 Å². The predicted octanol–water partition coefficient (Wildman–Crippen LogP) is 0.330. The Bertz CT molecular complexity index is 686. The highest BCUT2D eigenvalue weighted by molar-refractivity contribution is 7.89. The van der Waals surface area contributed by atoms with Crippen molar-refractivity contribution >= 4 is 15.7 Å². The van der Waals surface area contributed by atoms with Gasteiger partial charge in [0.1, 0.15) is 11.4 Å². The lowest BCUT2D eigenvalue weighted by Crippen LogP contribution is -2.60. The molecule has 20 heavy (non-hydrogen) atoms. The van der Waals surface area contributed by atoms with Gasteiger partial charge in [-0.25, -0.2) is 8.42 Å². The van der Waals surface area contributed by atoms with Gasteiger partial charge in [-0.1, -0.05) is 12.6 Å². The molecule has 3 N–H and O–H groups in total. The smallest absolute Gasteiger partial charge is 0.238 e. The number of anilines is 1. The quantitative estimate of drug-likeness (QED) is 0.674. The van der Waals surface area contributed by atoms with Gasteiger partial charge in [0.15, 0.2) is 0 Å². The zero-order valence-corrected chi connectivity index (χ0v) is 12.0. The molecule has 3 rings (SSSR count). The molecule has 1 atom stereocenters. The lowest BCUT2D eigenvalue weighted by atomic mass is 9.86. The van der Waals surface area contributed by atoms with Crippen LogP contribution in [0.4, 0.5) is 5.69 Å². The molecule has 1 fully saturated rings. The number of fused-ring (bicyclic) bond motifs is 2. The van der Waals surface area contributed by atoms with Crippen molar-refractivity contribution in [3.8, 4) is 0 Å². The van der Waals surface area contributed by atoms with Gasteiger partial charge in [0.2, 0.25) is 10.0 Å². The third kappa shape index (κ3) is 1.85. The second kappa shape index (κ2) is 4.13. The summed E-state index contributed by atoms with van der Waals surface area (Å²) in [5.74, 6) is 0.265. The van der Waals surface area contributed by atoms with Crippen molar-refractivity contribution in [1.82, 2.24) is 9.62 Å². The summed E-state index contributed by atoms with van der Waals surface area (Å²) >= 11 is 0. The van der Waals surface area contributed by atoms with Crippen molar-refractivity contribution in [1.29, 1.82) is 0 Å². The van der Waals surface area contributed by atoms with Gasteiger partial charge in [0, 0.05) is 12.7 Å². The number of sulfonamides is 1. The Labute approximate surface area is 118 Å². The Hall–Kier alpha value is -1.73. The number of rotatable bonds is 0. The van der Waals surface area contributed by atoms with E-state index in [0.717, 1.165) is 11.1 Å². The van der Waals surface area contributed by atoms with E-state index in [-0.39, 0.29) is 12.4 Å². The fraction of sp³-hybridized carbons (Fsp3) is 0.385. The molecular formula is C13H17N3O3S. The van der Waals surface area contributed by atoms with E-state index in [2.05, 4.69) is 11.9 Å². The Morgan fingerprint density at radius 3 is 2.95 bits per heavy atom. The Balaban J connectivity index is 2.16. The third-order valence-electron chi connectivity index (χ3n) is 3.87. The second-order valence-corrected chi connectivity index (χ2v) is 7.29. The zero-order chi connectivity index (χ0) is 14.5. The first-order valence-electron chi connectivity index (χ1n) is 6.24. The van der Waals surface area contributed by atoms with Gasteiger partial charge < -0.3 is 15.8 Å². The molecule has 2 aliphatic rings. The number of nitrogens with zero attached hydrogens (tertiary/aromatic N) is 1. The maximum absolute atomic E-state index is 12.3. The van der Waals surface area contributed by atoms with Crippen LogP contribution in [0.5, 0.6) is 0 Å². The SMILES string of the molecule is C=C1N[C@@]2(COCc3ccc(N)cc32)CS(=O)(=O)N1C. The molecule has 0 unspecified atom stereocenters. The van der Waals surface area contributed by atoms with Crippen molar-refractivity contribution in [2.45, 2.75) is 12.1 Å². The molecule has 108 valence electrons. The lowest BCUT2D eigenvalue weighted by molar-refractivity contribution is 0.0442. The molecule has 6 nitrogen and oxygen atoms in total.